The van der Waals surface area contributed by atoms with Crippen molar-refractivity contribution in [2.45, 2.75) is 17.7 Å². The minimum Gasteiger partial charge on any atom is -0.406 e. The predicted molar refractivity (Wildman–Crippen MR) is 98.8 cm³/mol. The van der Waals surface area contributed by atoms with Gasteiger partial charge < -0.3 is 9.64 Å². The van der Waals surface area contributed by atoms with Gasteiger partial charge in [0.2, 0.25) is 10.0 Å². The van der Waals surface area contributed by atoms with Gasteiger partial charge in [-0.25, -0.2) is 12.8 Å². The van der Waals surface area contributed by atoms with Crippen molar-refractivity contribution in [3.8, 4) is 5.75 Å². The molecule has 0 aliphatic carbocycles. The lowest BCUT2D eigenvalue weighted by atomic mass is 10.2. The average Bonchev–Trinajstić information content (AvgIpc) is 2.94. The Balaban J connectivity index is 1.73. The molecule has 1 amide bonds. The Labute approximate surface area is 170 Å². The normalized spacial score (nSPS) is 16.2. The molecule has 162 valence electrons. The molecule has 2 aromatic carbocycles. The highest BCUT2D eigenvalue weighted by Gasteiger charge is 2.33. The molecule has 0 saturated carbocycles. The number of hydrogen-bond donors (Lipinski definition) is 0. The molecule has 30 heavy (non-hydrogen) atoms. The molecule has 1 heterocycles. The van der Waals surface area contributed by atoms with Crippen LogP contribution in [-0.2, 0) is 10.0 Å². The maximum Gasteiger partial charge on any atom is 0.573 e. The fraction of sp³-hybridized carbons (Fsp3) is 0.316. The minimum absolute atomic E-state index is 0.0282. The SMILES string of the molecule is O=C(c1ccc(F)cc1)N1CCCN(S(=O)(=O)c2cccc(OC(F)(F)F)c2)CC1. The smallest absolute Gasteiger partial charge is 0.406 e. The summed E-state index contributed by atoms with van der Waals surface area (Å²) >= 11 is 0. The number of amides is 1. The lowest BCUT2D eigenvalue weighted by Gasteiger charge is -2.22. The monoisotopic (exact) mass is 446 g/mol. The van der Waals surface area contributed by atoms with Gasteiger partial charge in [-0.1, -0.05) is 6.07 Å². The number of carbonyl (C=O) groups excluding carboxylic acids is 1. The van der Waals surface area contributed by atoms with E-state index in [-0.39, 0.29) is 36.0 Å². The largest absolute Gasteiger partial charge is 0.573 e. The van der Waals surface area contributed by atoms with Crippen molar-refractivity contribution < 1.29 is 35.5 Å². The molecule has 1 aliphatic rings. The van der Waals surface area contributed by atoms with Gasteiger partial charge in [-0.2, -0.15) is 4.31 Å². The number of sulfonamides is 1. The molecular formula is C19H18F4N2O4S. The standard InChI is InChI=1S/C19H18F4N2O4S/c20-15-7-5-14(6-8-15)18(26)24-9-2-10-25(12-11-24)30(27,28)17-4-1-3-16(13-17)29-19(21,22)23/h1,3-8,13H,2,9-12H2. The topological polar surface area (TPSA) is 66.9 Å². The first-order chi connectivity index (χ1) is 14.1. The summed E-state index contributed by atoms with van der Waals surface area (Å²) in [4.78, 5) is 13.7. The van der Waals surface area contributed by atoms with E-state index in [2.05, 4.69) is 4.74 Å². The second-order valence-corrected chi connectivity index (χ2v) is 8.52. The Morgan fingerprint density at radius 3 is 2.33 bits per heavy atom. The minimum atomic E-state index is -4.94. The predicted octanol–water partition coefficient (Wildman–Crippen LogP) is 3.26. The van der Waals surface area contributed by atoms with E-state index in [0.29, 0.717) is 13.0 Å². The third kappa shape index (κ3) is 5.28. The molecule has 0 unspecified atom stereocenters. The van der Waals surface area contributed by atoms with Crippen LogP contribution < -0.4 is 4.74 Å². The summed E-state index contributed by atoms with van der Waals surface area (Å²) in [5.41, 5.74) is 0.282. The number of carbonyl (C=O) groups is 1. The van der Waals surface area contributed by atoms with E-state index in [4.69, 9.17) is 0 Å². The zero-order chi connectivity index (χ0) is 21.9. The highest BCUT2D eigenvalue weighted by atomic mass is 32.2. The zero-order valence-electron chi connectivity index (χ0n) is 15.6. The van der Waals surface area contributed by atoms with Crippen LogP contribution in [0, 0.1) is 5.82 Å². The first kappa shape index (κ1) is 22.0. The van der Waals surface area contributed by atoms with E-state index in [9.17, 15) is 30.8 Å². The highest BCUT2D eigenvalue weighted by molar-refractivity contribution is 7.89. The number of rotatable bonds is 4. The first-order valence-electron chi connectivity index (χ1n) is 8.97. The van der Waals surface area contributed by atoms with Gasteiger partial charge >= 0.3 is 6.36 Å². The number of hydrogen-bond acceptors (Lipinski definition) is 4. The van der Waals surface area contributed by atoms with Crippen LogP contribution in [0.25, 0.3) is 0 Å². The highest BCUT2D eigenvalue weighted by Crippen LogP contribution is 2.27. The second kappa shape index (κ2) is 8.60. The van der Waals surface area contributed by atoms with Crippen molar-refractivity contribution in [2.24, 2.45) is 0 Å². The Bertz CT molecular complexity index is 1010. The molecule has 2 aromatic rings. The van der Waals surface area contributed by atoms with Gasteiger partial charge in [-0.3, -0.25) is 4.79 Å². The van der Waals surface area contributed by atoms with Crippen LogP contribution >= 0.6 is 0 Å². The summed E-state index contributed by atoms with van der Waals surface area (Å²) in [6, 6.07) is 9.20. The fourth-order valence-corrected chi connectivity index (χ4v) is 4.60. The van der Waals surface area contributed by atoms with Gasteiger partial charge in [0.05, 0.1) is 4.90 Å². The molecule has 1 saturated heterocycles. The Morgan fingerprint density at radius 1 is 0.967 bits per heavy atom. The van der Waals surface area contributed by atoms with Crippen LogP contribution in [-0.4, -0.2) is 56.1 Å². The third-order valence-electron chi connectivity index (χ3n) is 4.51. The Hall–Kier alpha value is -2.66. The molecule has 0 radical (unpaired) electrons. The number of halogens is 4. The van der Waals surface area contributed by atoms with Crippen molar-refractivity contribution >= 4 is 15.9 Å². The Kier molecular flexibility index (Phi) is 6.32. The van der Waals surface area contributed by atoms with Crippen molar-refractivity contribution in [1.82, 2.24) is 9.21 Å². The van der Waals surface area contributed by atoms with Crippen molar-refractivity contribution in [2.75, 3.05) is 26.2 Å². The molecular weight excluding hydrogens is 428 g/mol. The maximum atomic E-state index is 13.1. The molecule has 0 spiro atoms. The van der Waals surface area contributed by atoms with Gasteiger partial charge in [0.25, 0.3) is 5.91 Å². The van der Waals surface area contributed by atoms with Gasteiger partial charge in [-0.15, -0.1) is 13.2 Å². The van der Waals surface area contributed by atoms with Gasteiger partial charge in [0.15, 0.2) is 0 Å². The lowest BCUT2D eigenvalue weighted by molar-refractivity contribution is -0.274. The van der Waals surface area contributed by atoms with Crippen molar-refractivity contribution in [3.63, 3.8) is 0 Å². The quantitative estimate of drug-likeness (QED) is 0.677. The molecule has 1 fully saturated rings. The van der Waals surface area contributed by atoms with E-state index in [1.807, 2.05) is 0 Å². The van der Waals surface area contributed by atoms with Crippen molar-refractivity contribution in [3.05, 3.63) is 59.9 Å². The summed E-state index contributed by atoms with van der Waals surface area (Å²) in [6.45, 7) is 0.452. The molecule has 0 aromatic heterocycles. The summed E-state index contributed by atoms with van der Waals surface area (Å²) in [5, 5.41) is 0. The van der Waals surface area contributed by atoms with Gasteiger partial charge in [0.1, 0.15) is 11.6 Å². The van der Waals surface area contributed by atoms with Crippen LogP contribution in [0.4, 0.5) is 17.6 Å². The number of nitrogens with zero attached hydrogens (tertiary/aromatic N) is 2. The third-order valence-corrected chi connectivity index (χ3v) is 6.40. The number of benzene rings is 2. The molecule has 0 N–H and O–H groups in total. The van der Waals surface area contributed by atoms with E-state index in [1.54, 1.807) is 0 Å². The fourth-order valence-electron chi connectivity index (χ4n) is 3.09. The zero-order valence-corrected chi connectivity index (χ0v) is 16.4. The van der Waals surface area contributed by atoms with E-state index >= 15 is 0 Å². The lowest BCUT2D eigenvalue weighted by Crippen LogP contribution is -2.37. The van der Waals surface area contributed by atoms with E-state index in [0.717, 1.165) is 34.6 Å². The number of ether oxygens (including phenoxy) is 1. The molecule has 0 atom stereocenters. The number of alkyl halides is 3. The van der Waals surface area contributed by atoms with Crippen molar-refractivity contribution in [1.29, 1.82) is 0 Å². The summed E-state index contributed by atoms with van der Waals surface area (Å²) in [6.07, 6.45) is -4.60. The Morgan fingerprint density at radius 2 is 1.67 bits per heavy atom. The summed E-state index contributed by atoms with van der Waals surface area (Å²) in [7, 11) is -4.08. The molecule has 1 aliphatic heterocycles. The molecule has 6 nitrogen and oxygen atoms in total. The molecule has 11 heteroatoms. The summed E-state index contributed by atoms with van der Waals surface area (Å²) in [5.74, 6) is -1.46. The first-order valence-corrected chi connectivity index (χ1v) is 10.4. The second-order valence-electron chi connectivity index (χ2n) is 6.58. The maximum absolute atomic E-state index is 13.1. The van der Waals surface area contributed by atoms with Gasteiger partial charge in [-0.05, 0) is 42.8 Å². The van der Waals surface area contributed by atoms with Crippen LogP contribution in [0.1, 0.15) is 16.8 Å². The van der Waals surface area contributed by atoms with E-state index < -0.39 is 28.0 Å². The van der Waals surface area contributed by atoms with E-state index in [1.165, 1.54) is 23.1 Å². The van der Waals surface area contributed by atoms with Crippen LogP contribution in [0.5, 0.6) is 5.75 Å². The van der Waals surface area contributed by atoms with Crippen LogP contribution in [0.3, 0.4) is 0 Å². The molecule has 3 rings (SSSR count). The van der Waals surface area contributed by atoms with Crippen LogP contribution in [0.2, 0.25) is 0 Å². The summed E-state index contributed by atoms with van der Waals surface area (Å²) < 4.78 is 81.0. The van der Waals surface area contributed by atoms with Crippen LogP contribution in [0.15, 0.2) is 53.4 Å². The average molecular weight is 446 g/mol. The van der Waals surface area contributed by atoms with Gasteiger partial charge in [0, 0.05) is 37.8 Å². The molecule has 0 bridgehead atoms.